The van der Waals surface area contributed by atoms with E-state index in [2.05, 4.69) is 27.7 Å². The molecular weight excluding hydrogens is 260 g/mol. The molecule has 2 aliphatic rings. The summed E-state index contributed by atoms with van der Waals surface area (Å²) in [6.07, 6.45) is 9.26. The molecule has 0 aromatic rings. The van der Waals surface area contributed by atoms with Crippen LogP contribution >= 0.6 is 0 Å². The maximum atomic E-state index is 12.2. The fourth-order valence-electron chi connectivity index (χ4n) is 5.06. The van der Waals surface area contributed by atoms with Gasteiger partial charge in [-0.2, -0.15) is 0 Å². The van der Waals surface area contributed by atoms with Crippen LogP contribution in [0.25, 0.3) is 0 Å². The third-order valence-electron chi connectivity index (χ3n) is 6.61. The van der Waals surface area contributed by atoms with Crippen molar-refractivity contribution in [3.8, 4) is 0 Å². The zero-order valence-corrected chi connectivity index (χ0v) is 14.7. The smallest absolute Gasteiger partial charge is 0.136 e. The Hall–Kier alpha value is -0.370. The topological polar surface area (TPSA) is 26.3 Å². The van der Waals surface area contributed by atoms with Crippen molar-refractivity contribution in [2.45, 2.75) is 84.7 Å². The number of methoxy groups -OCH3 is 1. The summed E-state index contributed by atoms with van der Waals surface area (Å²) in [5.74, 6) is 2.41. The van der Waals surface area contributed by atoms with E-state index >= 15 is 0 Å². The van der Waals surface area contributed by atoms with Gasteiger partial charge in [0.1, 0.15) is 5.78 Å². The Morgan fingerprint density at radius 1 is 1.38 bits per heavy atom. The summed E-state index contributed by atoms with van der Waals surface area (Å²) >= 11 is 0. The standard InChI is InChI=1S/C19H34O2/c1-14(8-6-12-18(2,3)21-5)15-10-11-16-17(20)9-7-13-19(15,16)4/h14-16H,6-13H2,1-5H3/t14-,15?,16?,19-/m1/s1. The monoisotopic (exact) mass is 294 g/mol. The minimum Gasteiger partial charge on any atom is -0.379 e. The molecule has 4 atom stereocenters. The van der Waals surface area contributed by atoms with Crippen molar-refractivity contribution >= 4 is 5.78 Å². The number of hydrogen-bond acceptors (Lipinski definition) is 2. The first-order valence-corrected chi connectivity index (χ1v) is 8.88. The quantitative estimate of drug-likeness (QED) is 0.689. The van der Waals surface area contributed by atoms with Crippen molar-refractivity contribution in [3.05, 3.63) is 0 Å². The van der Waals surface area contributed by atoms with Crippen LogP contribution in [-0.2, 0) is 9.53 Å². The van der Waals surface area contributed by atoms with Crippen molar-refractivity contribution < 1.29 is 9.53 Å². The van der Waals surface area contributed by atoms with Crippen molar-refractivity contribution in [1.29, 1.82) is 0 Å². The highest BCUT2D eigenvalue weighted by molar-refractivity contribution is 5.83. The molecule has 122 valence electrons. The Morgan fingerprint density at radius 3 is 2.76 bits per heavy atom. The molecule has 0 bridgehead atoms. The van der Waals surface area contributed by atoms with Gasteiger partial charge in [-0.3, -0.25) is 4.79 Å². The highest BCUT2D eigenvalue weighted by atomic mass is 16.5. The first-order chi connectivity index (χ1) is 9.80. The Labute approximate surface area is 131 Å². The van der Waals surface area contributed by atoms with Crippen molar-refractivity contribution in [1.82, 2.24) is 0 Å². The number of Topliss-reactive ketones (excluding diaryl/α,β-unsaturated/α-hetero) is 1. The van der Waals surface area contributed by atoms with Crippen LogP contribution in [0.5, 0.6) is 0 Å². The summed E-state index contributed by atoms with van der Waals surface area (Å²) in [5, 5.41) is 0. The molecule has 0 N–H and O–H groups in total. The number of carbonyl (C=O) groups excluding carboxylic acids is 1. The molecule has 2 fully saturated rings. The third-order valence-corrected chi connectivity index (χ3v) is 6.61. The van der Waals surface area contributed by atoms with E-state index in [4.69, 9.17) is 4.74 Å². The van der Waals surface area contributed by atoms with E-state index in [0.717, 1.165) is 37.5 Å². The van der Waals surface area contributed by atoms with Gasteiger partial charge in [0.15, 0.2) is 0 Å². The molecule has 0 aromatic carbocycles. The van der Waals surface area contributed by atoms with Gasteiger partial charge < -0.3 is 4.74 Å². The molecule has 2 unspecified atom stereocenters. The minimum atomic E-state index is 0.00262. The lowest BCUT2D eigenvalue weighted by molar-refractivity contribution is -0.130. The summed E-state index contributed by atoms with van der Waals surface area (Å²) < 4.78 is 5.52. The molecule has 0 amide bonds. The number of rotatable bonds is 6. The summed E-state index contributed by atoms with van der Waals surface area (Å²) in [6.45, 7) is 9.16. The lowest BCUT2D eigenvalue weighted by Gasteiger charge is -2.42. The van der Waals surface area contributed by atoms with E-state index in [0.29, 0.717) is 17.1 Å². The number of ether oxygens (including phenoxy) is 1. The first kappa shape index (κ1) is 17.0. The van der Waals surface area contributed by atoms with Crippen LogP contribution in [0.15, 0.2) is 0 Å². The highest BCUT2D eigenvalue weighted by Gasteiger charge is 2.52. The molecule has 0 radical (unpaired) electrons. The van der Waals surface area contributed by atoms with Gasteiger partial charge >= 0.3 is 0 Å². The SMILES string of the molecule is COC(C)(C)CCC[C@@H](C)C1CCC2C(=O)CCC[C@@]21C. The van der Waals surface area contributed by atoms with Gasteiger partial charge in [0.25, 0.3) is 0 Å². The lowest BCUT2D eigenvalue weighted by Crippen LogP contribution is -2.39. The van der Waals surface area contributed by atoms with E-state index < -0.39 is 0 Å². The molecule has 2 aliphatic carbocycles. The average Bonchev–Trinajstić information content (AvgIpc) is 2.77. The molecule has 2 nitrogen and oxygen atoms in total. The fourth-order valence-corrected chi connectivity index (χ4v) is 5.06. The molecule has 0 aliphatic heterocycles. The first-order valence-electron chi connectivity index (χ1n) is 8.88. The zero-order chi connectivity index (χ0) is 15.7. The van der Waals surface area contributed by atoms with E-state index in [1.54, 1.807) is 7.11 Å². The Balaban J connectivity index is 1.91. The highest BCUT2D eigenvalue weighted by Crippen LogP contribution is 2.57. The predicted octanol–water partition coefficient (Wildman–Crippen LogP) is 5.00. The van der Waals surface area contributed by atoms with Gasteiger partial charge in [0.05, 0.1) is 5.60 Å². The van der Waals surface area contributed by atoms with Crippen LogP contribution in [0.4, 0.5) is 0 Å². The third kappa shape index (κ3) is 3.52. The Morgan fingerprint density at radius 2 is 2.10 bits per heavy atom. The number of carbonyl (C=O) groups is 1. The summed E-state index contributed by atoms with van der Waals surface area (Å²) in [4.78, 5) is 12.2. The number of ketones is 1. The molecule has 0 saturated heterocycles. The lowest BCUT2D eigenvalue weighted by atomic mass is 9.62. The van der Waals surface area contributed by atoms with Crippen LogP contribution < -0.4 is 0 Å². The van der Waals surface area contributed by atoms with Crippen LogP contribution in [0.3, 0.4) is 0 Å². The molecule has 0 aromatic heterocycles. The van der Waals surface area contributed by atoms with Gasteiger partial charge in [0.2, 0.25) is 0 Å². The van der Waals surface area contributed by atoms with Crippen LogP contribution in [-0.4, -0.2) is 18.5 Å². The average molecular weight is 294 g/mol. The largest absolute Gasteiger partial charge is 0.379 e. The van der Waals surface area contributed by atoms with Crippen molar-refractivity contribution in [3.63, 3.8) is 0 Å². The molecule has 0 spiro atoms. The predicted molar refractivity (Wildman–Crippen MR) is 87.3 cm³/mol. The summed E-state index contributed by atoms with van der Waals surface area (Å²) in [7, 11) is 1.81. The number of fused-ring (bicyclic) bond motifs is 1. The van der Waals surface area contributed by atoms with Gasteiger partial charge in [-0.05, 0) is 63.2 Å². The van der Waals surface area contributed by atoms with E-state index in [1.807, 2.05) is 0 Å². The fraction of sp³-hybridized carbons (Fsp3) is 0.947. The number of hydrogen-bond donors (Lipinski definition) is 0. The van der Waals surface area contributed by atoms with Crippen LogP contribution in [0.1, 0.15) is 79.1 Å². The second-order valence-corrected chi connectivity index (χ2v) is 8.40. The van der Waals surface area contributed by atoms with E-state index in [-0.39, 0.29) is 5.60 Å². The molecular formula is C19H34O2. The normalized spacial score (nSPS) is 34.8. The molecule has 2 rings (SSSR count). The van der Waals surface area contributed by atoms with E-state index in [9.17, 15) is 4.79 Å². The molecule has 21 heavy (non-hydrogen) atoms. The maximum absolute atomic E-state index is 12.2. The Kier molecular flexibility index (Phi) is 5.18. The summed E-state index contributed by atoms with van der Waals surface area (Å²) in [6, 6.07) is 0. The Bertz CT molecular complexity index is 374. The molecule has 2 saturated carbocycles. The van der Waals surface area contributed by atoms with Crippen LogP contribution in [0.2, 0.25) is 0 Å². The van der Waals surface area contributed by atoms with Crippen molar-refractivity contribution in [2.75, 3.05) is 7.11 Å². The van der Waals surface area contributed by atoms with Gasteiger partial charge in [-0.1, -0.05) is 26.7 Å². The minimum absolute atomic E-state index is 0.00262. The molecule has 0 heterocycles. The second-order valence-electron chi connectivity index (χ2n) is 8.40. The van der Waals surface area contributed by atoms with Crippen LogP contribution in [0, 0.1) is 23.2 Å². The van der Waals surface area contributed by atoms with Gasteiger partial charge in [-0.25, -0.2) is 0 Å². The second kappa shape index (κ2) is 6.40. The van der Waals surface area contributed by atoms with Gasteiger partial charge in [0, 0.05) is 19.4 Å². The zero-order valence-electron chi connectivity index (χ0n) is 14.7. The summed E-state index contributed by atoms with van der Waals surface area (Å²) in [5.41, 5.74) is 0.300. The van der Waals surface area contributed by atoms with Crippen molar-refractivity contribution in [2.24, 2.45) is 23.2 Å². The molecule has 2 heteroatoms. The van der Waals surface area contributed by atoms with Gasteiger partial charge in [-0.15, -0.1) is 0 Å². The maximum Gasteiger partial charge on any atom is 0.136 e. The van der Waals surface area contributed by atoms with E-state index in [1.165, 1.54) is 25.7 Å².